The molecule has 0 spiro atoms. The number of benzene rings is 2. The maximum atomic E-state index is 11.3. The predicted octanol–water partition coefficient (Wildman–Crippen LogP) is 11.4. The standard InChI is InChI=1S/C39H59NO4/c1-4-5-6-7-8-10-13-16-20-31-43-38-28-24-36(25-29-38)40-33-35-22-26-37(27-23-35)42-30-19-17-14-11-9-12-15-18-21-32-44-39(41)34(2)3/h22-29,33H,2,4-21,30-32H2,1,3H3. The van der Waals surface area contributed by atoms with E-state index in [1.807, 2.05) is 54.7 Å². The Balaban J connectivity index is 1.46. The number of ether oxygens (including phenoxy) is 3. The molecule has 0 saturated heterocycles. The van der Waals surface area contributed by atoms with Crippen LogP contribution in [-0.4, -0.2) is 32.0 Å². The summed E-state index contributed by atoms with van der Waals surface area (Å²) in [5, 5.41) is 0. The zero-order valence-corrected chi connectivity index (χ0v) is 27.8. The molecule has 5 nitrogen and oxygen atoms in total. The van der Waals surface area contributed by atoms with Gasteiger partial charge in [0, 0.05) is 11.8 Å². The molecule has 0 amide bonds. The molecule has 0 radical (unpaired) electrons. The Morgan fingerprint density at radius 2 is 1.02 bits per heavy atom. The van der Waals surface area contributed by atoms with E-state index in [2.05, 4.69) is 18.5 Å². The van der Waals surface area contributed by atoms with E-state index in [0.29, 0.717) is 12.2 Å². The summed E-state index contributed by atoms with van der Waals surface area (Å²) >= 11 is 0. The predicted molar refractivity (Wildman–Crippen MR) is 186 cm³/mol. The van der Waals surface area contributed by atoms with Crippen molar-refractivity contribution in [1.82, 2.24) is 0 Å². The molecule has 0 N–H and O–H groups in total. The largest absolute Gasteiger partial charge is 0.494 e. The first-order valence-electron chi connectivity index (χ1n) is 17.4. The first-order valence-corrected chi connectivity index (χ1v) is 17.4. The molecule has 2 aromatic carbocycles. The molecular formula is C39H59NO4. The first kappa shape index (κ1) is 37.1. The van der Waals surface area contributed by atoms with E-state index in [9.17, 15) is 4.79 Å². The summed E-state index contributed by atoms with van der Waals surface area (Å²) in [4.78, 5) is 15.9. The molecule has 2 rings (SSSR count). The zero-order valence-electron chi connectivity index (χ0n) is 27.8. The molecule has 5 heteroatoms. The first-order chi connectivity index (χ1) is 21.6. The average molecular weight is 606 g/mol. The number of hydrogen-bond donors (Lipinski definition) is 0. The van der Waals surface area contributed by atoms with Gasteiger partial charge >= 0.3 is 5.97 Å². The third-order valence-electron chi connectivity index (χ3n) is 7.74. The molecule has 0 aromatic heterocycles. The van der Waals surface area contributed by atoms with Crippen LogP contribution in [0.5, 0.6) is 11.5 Å². The molecule has 0 atom stereocenters. The van der Waals surface area contributed by atoms with Crippen molar-refractivity contribution in [2.45, 2.75) is 129 Å². The number of unbranched alkanes of at least 4 members (excludes halogenated alkanes) is 16. The van der Waals surface area contributed by atoms with Gasteiger partial charge in [-0.3, -0.25) is 4.99 Å². The molecule has 44 heavy (non-hydrogen) atoms. The summed E-state index contributed by atoms with van der Waals surface area (Å²) in [5.41, 5.74) is 2.44. The summed E-state index contributed by atoms with van der Waals surface area (Å²) in [6, 6.07) is 16.2. The molecule has 0 bridgehead atoms. The summed E-state index contributed by atoms with van der Waals surface area (Å²) in [6.07, 6.45) is 24.4. The number of hydrogen-bond acceptors (Lipinski definition) is 5. The number of rotatable bonds is 27. The van der Waals surface area contributed by atoms with Crippen LogP contribution in [0.3, 0.4) is 0 Å². The maximum absolute atomic E-state index is 11.3. The van der Waals surface area contributed by atoms with E-state index in [-0.39, 0.29) is 5.97 Å². The third kappa shape index (κ3) is 19.2. The van der Waals surface area contributed by atoms with Gasteiger partial charge in [0.2, 0.25) is 0 Å². The number of esters is 1. The Labute approximate surface area is 268 Å². The number of aliphatic imine (C=N–C) groups is 1. The molecule has 0 aliphatic rings. The molecule has 0 aliphatic heterocycles. The molecular weight excluding hydrogens is 546 g/mol. The molecule has 2 aromatic rings. The van der Waals surface area contributed by atoms with Crippen LogP contribution >= 0.6 is 0 Å². The van der Waals surface area contributed by atoms with Gasteiger partial charge in [-0.05, 0) is 80.3 Å². The van der Waals surface area contributed by atoms with Crippen LogP contribution in [-0.2, 0) is 9.53 Å². The highest BCUT2D eigenvalue weighted by Crippen LogP contribution is 2.20. The van der Waals surface area contributed by atoms with Gasteiger partial charge in [-0.15, -0.1) is 0 Å². The van der Waals surface area contributed by atoms with E-state index in [1.54, 1.807) is 6.92 Å². The Bertz CT molecular complexity index is 1030. The lowest BCUT2D eigenvalue weighted by molar-refractivity contribution is -0.139. The second-order valence-corrected chi connectivity index (χ2v) is 11.9. The third-order valence-corrected chi connectivity index (χ3v) is 7.74. The van der Waals surface area contributed by atoms with Crippen molar-refractivity contribution < 1.29 is 19.0 Å². The Morgan fingerprint density at radius 1 is 0.614 bits per heavy atom. The molecule has 0 unspecified atom stereocenters. The quantitative estimate of drug-likeness (QED) is 0.0440. The summed E-state index contributed by atoms with van der Waals surface area (Å²) in [7, 11) is 0. The second kappa shape index (κ2) is 25.3. The van der Waals surface area contributed by atoms with Gasteiger partial charge in [0.15, 0.2) is 0 Å². The zero-order chi connectivity index (χ0) is 31.5. The van der Waals surface area contributed by atoms with Crippen molar-refractivity contribution in [2.24, 2.45) is 4.99 Å². The number of nitrogens with zero attached hydrogens (tertiary/aromatic N) is 1. The van der Waals surface area contributed by atoms with E-state index >= 15 is 0 Å². The van der Waals surface area contributed by atoms with E-state index in [1.165, 1.54) is 89.9 Å². The lowest BCUT2D eigenvalue weighted by atomic mass is 10.1. The van der Waals surface area contributed by atoms with E-state index in [4.69, 9.17) is 14.2 Å². The highest BCUT2D eigenvalue weighted by atomic mass is 16.5. The number of carbonyl (C=O) groups excluding carboxylic acids is 1. The van der Waals surface area contributed by atoms with Crippen LogP contribution in [0.1, 0.15) is 135 Å². The van der Waals surface area contributed by atoms with Gasteiger partial charge in [0.25, 0.3) is 0 Å². The van der Waals surface area contributed by atoms with Gasteiger partial charge in [0.1, 0.15) is 11.5 Å². The van der Waals surface area contributed by atoms with Crippen LogP contribution in [0, 0.1) is 0 Å². The minimum atomic E-state index is -0.279. The Morgan fingerprint density at radius 3 is 1.48 bits per heavy atom. The molecule has 0 saturated carbocycles. The normalized spacial score (nSPS) is 11.1. The Hall–Kier alpha value is -3.08. The lowest BCUT2D eigenvalue weighted by Crippen LogP contribution is -2.05. The molecule has 0 heterocycles. The van der Waals surface area contributed by atoms with Gasteiger partial charge < -0.3 is 14.2 Å². The topological polar surface area (TPSA) is 57.1 Å². The maximum Gasteiger partial charge on any atom is 0.333 e. The molecule has 244 valence electrons. The SMILES string of the molecule is C=C(C)C(=O)OCCCCCCCCCCCOc1ccc(C=Nc2ccc(OCCCCCCCCCCC)cc2)cc1. The van der Waals surface area contributed by atoms with Gasteiger partial charge in [-0.1, -0.05) is 110 Å². The van der Waals surface area contributed by atoms with Crippen LogP contribution in [0.2, 0.25) is 0 Å². The average Bonchev–Trinajstić information content (AvgIpc) is 3.04. The van der Waals surface area contributed by atoms with E-state index < -0.39 is 0 Å². The monoisotopic (exact) mass is 605 g/mol. The van der Waals surface area contributed by atoms with Crippen LogP contribution in [0.15, 0.2) is 65.7 Å². The minimum Gasteiger partial charge on any atom is -0.494 e. The summed E-state index contributed by atoms with van der Waals surface area (Å²) in [5.74, 6) is 1.54. The van der Waals surface area contributed by atoms with E-state index in [0.717, 1.165) is 61.6 Å². The fraction of sp³-hybridized carbons (Fsp3) is 0.590. The second-order valence-electron chi connectivity index (χ2n) is 11.9. The summed E-state index contributed by atoms with van der Waals surface area (Å²) in [6.45, 7) is 9.59. The van der Waals surface area contributed by atoms with Crippen molar-refractivity contribution in [3.05, 3.63) is 66.2 Å². The van der Waals surface area contributed by atoms with Gasteiger partial charge in [-0.25, -0.2) is 4.79 Å². The van der Waals surface area contributed by atoms with Crippen molar-refractivity contribution in [3.63, 3.8) is 0 Å². The van der Waals surface area contributed by atoms with Crippen molar-refractivity contribution in [2.75, 3.05) is 19.8 Å². The summed E-state index contributed by atoms with van der Waals surface area (Å²) < 4.78 is 17.0. The fourth-order valence-corrected chi connectivity index (χ4v) is 4.95. The molecule has 0 fully saturated rings. The smallest absolute Gasteiger partial charge is 0.333 e. The Kier molecular flexibility index (Phi) is 21.3. The van der Waals surface area contributed by atoms with Crippen LogP contribution < -0.4 is 9.47 Å². The van der Waals surface area contributed by atoms with Crippen LogP contribution in [0.25, 0.3) is 0 Å². The van der Waals surface area contributed by atoms with Gasteiger partial charge in [0.05, 0.1) is 25.5 Å². The minimum absolute atomic E-state index is 0.279. The van der Waals surface area contributed by atoms with Gasteiger partial charge in [-0.2, -0.15) is 0 Å². The van der Waals surface area contributed by atoms with Crippen molar-refractivity contribution in [3.8, 4) is 11.5 Å². The number of carbonyl (C=O) groups is 1. The molecule has 0 aliphatic carbocycles. The van der Waals surface area contributed by atoms with Crippen molar-refractivity contribution >= 4 is 17.9 Å². The van der Waals surface area contributed by atoms with Crippen molar-refractivity contribution in [1.29, 1.82) is 0 Å². The highest BCUT2D eigenvalue weighted by molar-refractivity contribution is 5.86. The fourth-order valence-electron chi connectivity index (χ4n) is 4.95. The lowest BCUT2D eigenvalue weighted by Gasteiger charge is -2.07. The van der Waals surface area contributed by atoms with Crippen LogP contribution in [0.4, 0.5) is 5.69 Å². The highest BCUT2D eigenvalue weighted by Gasteiger charge is 2.02.